The van der Waals surface area contributed by atoms with Crippen molar-refractivity contribution in [3.63, 3.8) is 0 Å². The van der Waals surface area contributed by atoms with Gasteiger partial charge in [-0.25, -0.2) is 9.78 Å². The summed E-state index contributed by atoms with van der Waals surface area (Å²) in [7, 11) is 0. The molecule has 0 bridgehead atoms. The van der Waals surface area contributed by atoms with Crippen molar-refractivity contribution in [1.29, 1.82) is 0 Å². The van der Waals surface area contributed by atoms with Crippen molar-refractivity contribution in [2.75, 3.05) is 41.3 Å². The molecule has 1 aromatic heterocycles. The summed E-state index contributed by atoms with van der Waals surface area (Å²) in [4.78, 5) is 33.9. The van der Waals surface area contributed by atoms with Crippen molar-refractivity contribution in [1.82, 2.24) is 4.98 Å². The molecule has 4 aromatic rings. The van der Waals surface area contributed by atoms with Gasteiger partial charge in [0.1, 0.15) is 5.82 Å². The Bertz CT molecular complexity index is 1390. The Morgan fingerprint density at radius 1 is 0.816 bits per heavy atom. The van der Waals surface area contributed by atoms with Gasteiger partial charge in [0.15, 0.2) is 0 Å². The van der Waals surface area contributed by atoms with Crippen LogP contribution in [0.25, 0.3) is 10.9 Å². The second-order valence-electron chi connectivity index (χ2n) is 8.69. The zero-order valence-electron chi connectivity index (χ0n) is 20.7. The van der Waals surface area contributed by atoms with Crippen LogP contribution in [0.2, 0.25) is 0 Å². The van der Waals surface area contributed by atoms with Crippen LogP contribution in [-0.4, -0.2) is 48.1 Å². The van der Waals surface area contributed by atoms with Gasteiger partial charge in [-0.1, -0.05) is 35.9 Å². The highest BCUT2D eigenvalue weighted by atomic mass is 35.5. The Morgan fingerprint density at radius 2 is 1.45 bits per heavy atom. The number of nitrogens with one attached hydrogen (secondary N) is 1. The normalized spacial score (nSPS) is 12.6. The van der Waals surface area contributed by atoms with E-state index in [1.54, 1.807) is 36.4 Å². The second kappa shape index (κ2) is 13.3. The molecule has 38 heavy (non-hydrogen) atoms. The number of halogens is 3. The van der Waals surface area contributed by atoms with Crippen molar-refractivity contribution in [3.05, 3.63) is 95.6 Å². The highest BCUT2D eigenvalue weighted by Crippen LogP contribution is 2.27. The van der Waals surface area contributed by atoms with E-state index in [2.05, 4.69) is 27.2 Å². The topological polar surface area (TPSA) is 85.8 Å². The monoisotopic (exact) mass is 574 g/mol. The summed E-state index contributed by atoms with van der Waals surface area (Å²) in [5, 5.41) is 13.3. The molecule has 200 valence electrons. The van der Waals surface area contributed by atoms with Crippen LogP contribution in [0.15, 0.2) is 78.9 Å². The van der Waals surface area contributed by atoms with E-state index < -0.39 is 5.97 Å². The number of carboxylic acids is 1. The van der Waals surface area contributed by atoms with Crippen LogP contribution in [0.3, 0.4) is 0 Å². The molecule has 0 atom stereocenters. The number of anilines is 3. The summed E-state index contributed by atoms with van der Waals surface area (Å²) in [5.41, 5.74) is 4.07. The number of benzene rings is 3. The molecular formula is C28H29Cl3N4O3. The molecule has 7 nitrogen and oxygen atoms in total. The number of carbonyl (C=O) groups is 2. The molecule has 10 heteroatoms. The first-order chi connectivity index (χ1) is 17.0. The number of aromatic carboxylic acids is 1. The predicted molar refractivity (Wildman–Crippen MR) is 160 cm³/mol. The van der Waals surface area contributed by atoms with Gasteiger partial charge in [-0.05, 0) is 55.5 Å². The maximum atomic E-state index is 12.6. The Hall–Kier alpha value is -3.52. The zero-order valence-corrected chi connectivity index (χ0v) is 23.1. The Morgan fingerprint density at radius 3 is 2.08 bits per heavy atom. The molecule has 5 rings (SSSR count). The number of hydrogen-bond donors (Lipinski definition) is 2. The van der Waals surface area contributed by atoms with Gasteiger partial charge in [-0.15, -0.1) is 37.2 Å². The lowest BCUT2D eigenvalue weighted by Gasteiger charge is -2.37. The number of nitrogens with zero attached hydrogens (tertiary/aromatic N) is 3. The molecule has 2 heterocycles. The van der Waals surface area contributed by atoms with E-state index in [1.807, 2.05) is 37.3 Å². The first-order valence-corrected chi connectivity index (χ1v) is 11.6. The Balaban J connectivity index is 0.00000169. The van der Waals surface area contributed by atoms with E-state index in [-0.39, 0.29) is 48.7 Å². The summed E-state index contributed by atoms with van der Waals surface area (Å²) in [6.45, 7) is 5.11. The molecule has 1 amide bonds. The van der Waals surface area contributed by atoms with Gasteiger partial charge >= 0.3 is 5.97 Å². The summed E-state index contributed by atoms with van der Waals surface area (Å²) in [5.74, 6) is -0.621. The quantitative estimate of drug-likeness (QED) is 0.300. The van der Waals surface area contributed by atoms with Crippen molar-refractivity contribution in [3.8, 4) is 0 Å². The number of aromatic nitrogens is 1. The van der Waals surface area contributed by atoms with Crippen LogP contribution < -0.4 is 15.1 Å². The van der Waals surface area contributed by atoms with E-state index in [9.17, 15) is 14.7 Å². The third-order valence-electron chi connectivity index (χ3n) is 6.32. The smallest absolute Gasteiger partial charge is 0.336 e. The van der Waals surface area contributed by atoms with E-state index in [1.165, 1.54) is 5.69 Å². The molecule has 1 saturated heterocycles. The molecule has 2 N–H and O–H groups in total. The number of rotatable bonds is 5. The number of fused-ring (bicyclic) bond motifs is 1. The van der Waals surface area contributed by atoms with Gasteiger partial charge in [0.05, 0.1) is 11.1 Å². The van der Waals surface area contributed by atoms with Gasteiger partial charge in [0, 0.05) is 48.5 Å². The van der Waals surface area contributed by atoms with Crippen molar-refractivity contribution >= 4 is 77.2 Å². The van der Waals surface area contributed by atoms with E-state index in [0.717, 1.165) is 31.7 Å². The van der Waals surface area contributed by atoms with Gasteiger partial charge in [0.2, 0.25) is 0 Å². The summed E-state index contributed by atoms with van der Waals surface area (Å²) in [6, 6.07) is 24.4. The number of aryl methyl sites for hydroxylation is 1. The summed E-state index contributed by atoms with van der Waals surface area (Å²) >= 11 is 0. The minimum Gasteiger partial charge on any atom is -0.478 e. The van der Waals surface area contributed by atoms with Gasteiger partial charge in [-0.3, -0.25) is 4.79 Å². The lowest BCUT2D eigenvalue weighted by molar-refractivity contribution is 0.0698. The lowest BCUT2D eigenvalue weighted by Crippen LogP contribution is -2.46. The fraction of sp³-hybridized carbons (Fsp3) is 0.179. The molecule has 0 spiro atoms. The number of para-hydroxylation sites is 1. The standard InChI is InChI=1S/C28H26N4O3.3ClH/c1-19-7-9-20(10-8-19)27(33)29-21-11-12-25-23(17-21)24(28(34)35)18-26(30-25)32-15-13-31(14-16-32)22-5-3-2-4-6-22;;;/h2-12,17-18H,13-16H2,1H3,(H,29,33)(H,34,35);3*1H. The van der Waals surface area contributed by atoms with Crippen LogP contribution >= 0.6 is 37.2 Å². The first kappa shape index (κ1) is 30.7. The van der Waals surface area contributed by atoms with Crippen molar-refractivity contribution in [2.45, 2.75) is 6.92 Å². The largest absolute Gasteiger partial charge is 0.478 e. The fourth-order valence-electron chi connectivity index (χ4n) is 4.37. The molecule has 0 saturated carbocycles. The van der Waals surface area contributed by atoms with E-state index >= 15 is 0 Å². The van der Waals surface area contributed by atoms with Gasteiger partial charge < -0.3 is 20.2 Å². The maximum absolute atomic E-state index is 12.6. The number of piperazine rings is 1. The molecular weight excluding hydrogens is 547 g/mol. The minimum atomic E-state index is -1.02. The number of amides is 1. The van der Waals surface area contributed by atoms with Gasteiger partial charge in [-0.2, -0.15) is 0 Å². The average molecular weight is 576 g/mol. The molecule has 0 aliphatic carbocycles. The third kappa shape index (κ3) is 6.67. The van der Waals surface area contributed by atoms with Crippen LogP contribution in [0.1, 0.15) is 26.3 Å². The molecule has 1 aliphatic rings. The average Bonchev–Trinajstić information content (AvgIpc) is 2.89. The van der Waals surface area contributed by atoms with Crippen molar-refractivity contribution in [2.24, 2.45) is 0 Å². The maximum Gasteiger partial charge on any atom is 0.336 e. The second-order valence-corrected chi connectivity index (χ2v) is 8.69. The number of carbonyl (C=O) groups excluding carboxylic acids is 1. The Labute approximate surface area is 240 Å². The molecule has 0 radical (unpaired) electrons. The van der Waals surface area contributed by atoms with Gasteiger partial charge in [0.25, 0.3) is 5.91 Å². The highest BCUT2D eigenvalue weighted by molar-refractivity contribution is 6.08. The fourth-order valence-corrected chi connectivity index (χ4v) is 4.37. The van der Waals surface area contributed by atoms with Crippen molar-refractivity contribution < 1.29 is 14.7 Å². The van der Waals surface area contributed by atoms with Crippen LogP contribution in [-0.2, 0) is 0 Å². The molecule has 1 fully saturated rings. The SMILES string of the molecule is Cc1ccc(C(=O)Nc2ccc3nc(N4CCN(c5ccccc5)CC4)cc(C(=O)O)c3c2)cc1.Cl.Cl.Cl. The number of pyridine rings is 1. The third-order valence-corrected chi connectivity index (χ3v) is 6.32. The predicted octanol–water partition coefficient (Wildman–Crippen LogP) is 6.09. The first-order valence-electron chi connectivity index (χ1n) is 11.6. The molecule has 0 unspecified atom stereocenters. The van der Waals surface area contributed by atoms with E-state index in [0.29, 0.717) is 28.0 Å². The van der Waals surface area contributed by atoms with Crippen LogP contribution in [0.4, 0.5) is 17.2 Å². The zero-order chi connectivity index (χ0) is 24.4. The highest BCUT2D eigenvalue weighted by Gasteiger charge is 2.21. The number of carboxylic acid groups (broad SMARTS) is 1. The minimum absolute atomic E-state index is 0. The summed E-state index contributed by atoms with van der Waals surface area (Å²) < 4.78 is 0. The summed E-state index contributed by atoms with van der Waals surface area (Å²) in [6.07, 6.45) is 0. The van der Waals surface area contributed by atoms with Crippen LogP contribution in [0, 0.1) is 6.92 Å². The van der Waals surface area contributed by atoms with Crippen LogP contribution in [0.5, 0.6) is 0 Å². The molecule has 3 aromatic carbocycles. The molecule has 1 aliphatic heterocycles. The number of hydrogen-bond acceptors (Lipinski definition) is 5. The Kier molecular flexibility index (Phi) is 10.8. The lowest BCUT2D eigenvalue weighted by atomic mass is 10.1. The van der Waals surface area contributed by atoms with E-state index in [4.69, 9.17) is 4.98 Å².